The highest BCUT2D eigenvalue weighted by Crippen LogP contribution is 2.23. The van der Waals surface area contributed by atoms with E-state index in [0.717, 1.165) is 21.7 Å². The summed E-state index contributed by atoms with van der Waals surface area (Å²) >= 11 is 0. The Morgan fingerprint density at radius 2 is 1.75 bits per heavy atom. The Balaban J connectivity index is 2.27. The molecule has 1 aliphatic heterocycles. The van der Waals surface area contributed by atoms with Crippen molar-refractivity contribution in [3.8, 4) is 0 Å². The van der Waals surface area contributed by atoms with E-state index in [1.807, 2.05) is 7.05 Å². The fraction of sp³-hybridized carbons (Fsp3) is 0.533. The van der Waals surface area contributed by atoms with Crippen molar-refractivity contribution in [2.24, 2.45) is 0 Å². The van der Waals surface area contributed by atoms with Gasteiger partial charge in [0.05, 0.1) is 5.69 Å². The largest absolute Gasteiger partial charge is 0.339 e. The van der Waals surface area contributed by atoms with E-state index in [-0.39, 0.29) is 11.6 Å². The molecule has 24 heavy (non-hydrogen) atoms. The molecule has 1 amide bonds. The molecule has 7 nitrogen and oxygen atoms in total. The van der Waals surface area contributed by atoms with Crippen LogP contribution < -0.4 is 4.31 Å². The Bertz CT molecular complexity index is 688. The Kier molecular flexibility index (Phi) is 5.79. The van der Waals surface area contributed by atoms with Crippen molar-refractivity contribution >= 4 is 21.8 Å². The summed E-state index contributed by atoms with van der Waals surface area (Å²) < 4.78 is 41.0. The van der Waals surface area contributed by atoms with Crippen LogP contribution in [0.1, 0.15) is 0 Å². The van der Waals surface area contributed by atoms with E-state index in [0.29, 0.717) is 13.1 Å². The number of piperazine rings is 1. The lowest BCUT2D eigenvalue weighted by atomic mass is 10.3. The average molecular weight is 358 g/mol. The molecule has 0 aromatic heterocycles. The number of amides is 1. The molecule has 2 rings (SSSR count). The number of benzene rings is 1. The van der Waals surface area contributed by atoms with Crippen molar-refractivity contribution < 1.29 is 17.6 Å². The predicted molar refractivity (Wildman–Crippen MR) is 90.4 cm³/mol. The fourth-order valence-corrected chi connectivity index (χ4v) is 3.49. The third-order valence-electron chi connectivity index (χ3n) is 4.00. The van der Waals surface area contributed by atoms with Crippen molar-refractivity contribution in [1.82, 2.24) is 14.1 Å². The first-order valence-corrected chi connectivity index (χ1v) is 9.04. The molecule has 0 bridgehead atoms. The third-order valence-corrected chi connectivity index (χ3v) is 5.80. The summed E-state index contributed by atoms with van der Waals surface area (Å²) in [6.07, 6.45) is 0. The lowest BCUT2D eigenvalue weighted by Crippen LogP contribution is -2.52. The minimum atomic E-state index is -3.99. The van der Waals surface area contributed by atoms with Crippen LogP contribution in [-0.2, 0) is 15.0 Å². The summed E-state index contributed by atoms with van der Waals surface area (Å²) in [4.78, 5) is 16.2. The topological polar surface area (TPSA) is 64.2 Å². The van der Waals surface area contributed by atoms with Crippen molar-refractivity contribution in [2.45, 2.75) is 0 Å². The Morgan fingerprint density at radius 3 is 2.29 bits per heavy atom. The highest BCUT2D eigenvalue weighted by molar-refractivity contribution is 7.90. The molecule has 0 aliphatic carbocycles. The van der Waals surface area contributed by atoms with Gasteiger partial charge in [0.25, 0.3) is 0 Å². The molecule has 1 aromatic carbocycles. The lowest BCUT2D eigenvalue weighted by Gasteiger charge is -2.34. The molecule has 1 fully saturated rings. The number of nitrogens with zero attached hydrogens (tertiary/aromatic N) is 4. The summed E-state index contributed by atoms with van der Waals surface area (Å²) in [5, 5.41) is 0. The van der Waals surface area contributed by atoms with E-state index in [1.54, 1.807) is 4.90 Å². The van der Waals surface area contributed by atoms with Gasteiger partial charge in [-0.15, -0.1) is 0 Å². The van der Waals surface area contributed by atoms with Gasteiger partial charge in [-0.1, -0.05) is 12.1 Å². The zero-order valence-corrected chi connectivity index (χ0v) is 15.0. The van der Waals surface area contributed by atoms with Crippen molar-refractivity contribution in [3.63, 3.8) is 0 Å². The Morgan fingerprint density at radius 1 is 1.17 bits per heavy atom. The molecular weight excluding hydrogens is 335 g/mol. The van der Waals surface area contributed by atoms with Gasteiger partial charge in [0.1, 0.15) is 12.4 Å². The number of halogens is 1. The molecule has 134 valence electrons. The van der Waals surface area contributed by atoms with Crippen LogP contribution in [0.5, 0.6) is 0 Å². The molecule has 0 radical (unpaired) electrons. The monoisotopic (exact) mass is 358 g/mol. The van der Waals surface area contributed by atoms with Crippen LogP contribution in [0.2, 0.25) is 0 Å². The van der Waals surface area contributed by atoms with E-state index in [4.69, 9.17) is 0 Å². The minimum Gasteiger partial charge on any atom is -0.339 e. The van der Waals surface area contributed by atoms with E-state index >= 15 is 0 Å². The number of anilines is 1. The number of para-hydroxylation sites is 1. The molecule has 0 saturated carbocycles. The van der Waals surface area contributed by atoms with Crippen LogP contribution >= 0.6 is 0 Å². The highest BCUT2D eigenvalue weighted by Gasteiger charge is 2.31. The fourth-order valence-electron chi connectivity index (χ4n) is 2.42. The Labute approximate surface area is 142 Å². The molecule has 1 aromatic rings. The van der Waals surface area contributed by atoms with E-state index in [2.05, 4.69) is 4.90 Å². The number of carbonyl (C=O) groups excluding carboxylic acids is 1. The number of hydrogen-bond donors (Lipinski definition) is 0. The SMILES string of the molecule is CN1CCN(C(=O)CN(c2ccccc2F)S(=O)(=O)N(C)C)CC1. The van der Waals surface area contributed by atoms with E-state index in [9.17, 15) is 17.6 Å². The predicted octanol–water partition coefficient (Wildman–Crippen LogP) is 0.213. The molecule has 9 heteroatoms. The van der Waals surface area contributed by atoms with Crippen LogP contribution in [-0.4, -0.2) is 82.3 Å². The molecule has 0 atom stereocenters. The van der Waals surface area contributed by atoms with Gasteiger partial charge in [-0.25, -0.2) is 8.70 Å². The van der Waals surface area contributed by atoms with Crippen LogP contribution in [0.15, 0.2) is 24.3 Å². The lowest BCUT2D eigenvalue weighted by molar-refractivity contribution is -0.131. The maximum atomic E-state index is 14.1. The van der Waals surface area contributed by atoms with Crippen molar-refractivity contribution in [3.05, 3.63) is 30.1 Å². The first-order valence-electron chi connectivity index (χ1n) is 7.64. The maximum absolute atomic E-state index is 14.1. The van der Waals surface area contributed by atoms with Gasteiger partial charge >= 0.3 is 10.2 Å². The average Bonchev–Trinajstić information content (AvgIpc) is 2.53. The molecule has 1 heterocycles. The zero-order chi connectivity index (χ0) is 17.9. The second kappa shape index (κ2) is 7.45. The number of hydrogen-bond acceptors (Lipinski definition) is 4. The van der Waals surface area contributed by atoms with Crippen LogP contribution in [0.25, 0.3) is 0 Å². The summed E-state index contributed by atoms with van der Waals surface area (Å²) in [6, 6.07) is 5.54. The summed E-state index contributed by atoms with van der Waals surface area (Å²) in [5.41, 5.74) is -0.131. The van der Waals surface area contributed by atoms with Crippen LogP contribution in [0.4, 0.5) is 10.1 Å². The van der Waals surface area contributed by atoms with Gasteiger partial charge < -0.3 is 9.80 Å². The summed E-state index contributed by atoms with van der Waals surface area (Å²) in [7, 11) is 0.673. The highest BCUT2D eigenvalue weighted by atomic mass is 32.2. The molecule has 1 saturated heterocycles. The summed E-state index contributed by atoms with van der Waals surface area (Å²) in [5.74, 6) is -1.02. The van der Waals surface area contributed by atoms with Crippen LogP contribution in [0.3, 0.4) is 0 Å². The second-order valence-electron chi connectivity index (χ2n) is 5.93. The zero-order valence-electron chi connectivity index (χ0n) is 14.1. The quantitative estimate of drug-likeness (QED) is 0.755. The van der Waals surface area contributed by atoms with Gasteiger partial charge in [0, 0.05) is 40.3 Å². The normalized spacial score (nSPS) is 16.5. The van der Waals surface area contributed by atoms with Gasteiger partial charge in [-0.3, -0.25) is 4.79 Å². The second-order valence-corrected chi connectivity index (χ2v) is 8.00. The van der Waals surface area contributed by atoms with Crippen LogP contribution in [0, 0.1) is 5.82 Å². The molecule has 0 spiro atoms. The van der Waals surface area contributed by atoms with E-state index < -0.39 is 22.6 Å². The van der Waals surface area contributed by atoms with Gasteiger partial charge in [-0.05, 0) is 19.2 Å². The first kappa shape index (κ1) is 18.6. The molecule has 0 unspecified atom stereocenters. The van der Waals surface area contributed by atoms with Gasteiger partial charge in [0.2, 0.25) is 5.91 Å². The molecule has 0 N–H and O–H groups in total. The minimum absolute atomic E-state index is 0.131. The number of carbonyl (C=O) groups is 1. The van der Waals surface area contributed by atoms with Gasteiger partial charge in [0.15, 0.2) is 0 Å². The van der Waals surface area contributed by atoms with Crippen molar-refractivity contribution in [2.75, 3.05) is 58.2 Å². The Hall–Kier alpha value is -1.71. The van der Waals surface area contributed by atoms with Gasteiger partial charge in [-0.2, -0.15) is 12.7 Å². The van der Waals surface area contributed by atoms with E-state index in [1.165, 1.54) is 38.4 Å². The number of rotatable bonds is 5. The molecule has 1 aliphatic rings. The number of likely N-dealkylation sites (N-methyl/N-ethyl adjacent to an activating group) is 1. The first-order chi connectivity index (χ1) is 11.2. The third kappa shape index (κ3) is 4.03. The maximum Gasteiger partial charge on any atom is 0.304 e. The molecular formula is C15H23FN4O3S. The standard InChI is InChI=1S/C15H23FN4O3S/c1-17(2)24(22,23)20(14-7-5-4-6-13(14)16)12-15(21)19-10-8-18(3)9-11-19/h4-7H,8-12H2,1-3H3. The summed E-state index contributed by atoms with van der Waals surface area (Å²) in [6.45, 7) is 2.09. The smallest absolute Gasteiger partial charge is 0.304 e. The van der Waals surface area contributed by atoms with Crippen molar-refractivity contribution in [1.29, 1.82) is 0 Å².